The molecule has 1 amide bonds. The number of nitrogens with zero attached hydrogens (tertiary/aromatic N) is 4. The van der Waals surface area contributed by atoms with Crippen molar-refractivity contribution >= 4 is 23.4 Å². The highest BCUT2D eigenvalue weighted by Crippen LogP contribution is 2.49. The molecule has 1 atom stereocenters. The first-order chi connectivity index (χ1) is 16.5. The number of anilines is 1. The van der Waals surface area contributed by atoms with Crippen molar-refractivity contribution in [2.45, 2.75) is 37.3 Å². The van der Waals surface area contributed by atoms with E-state index in [2.05, 4.69) is 16.1 Å². The fourth-order valence-corrected chi connectivity index (χ4v) is 7.17. The van der Waals surface area contributed by atoms with Crippen LogP contribution in [0.25, 0.3) is 11.1 Å². The van der Waals surface area contributed by atoms with Crippen molar-refractivity contribution in [2.24, 2.45) is 7.05 Å². The average Bonchev–Trinajstić information content (AvgIpc) is 3.59. The number of hydrogen-bond acceptors (Lipinski definition) is 4. The number of para-hydroxylation sites is 1. The van der Waals surface area contributed by atoms with Gasteiger partial charge in [0.05, 0.1) is 18.2 Å². The van der Waals surface area contributed by atoms with Crippen LogP contribution in [-0.4, -0.2) is 51.2 Å². The number of benzene rings is 2. The Morgan fingerprint density at radius 2 is 1.97 bits per heavy atom. The third-order valence-corrected chi connectivity index (χ3v) is 9.00. The summed E-state index contributed by atoms with van der Waals surface area (Å²) >= 11 is 2.04. The van der Waals surface area contributed by atoms with Crippen LogP contribution in [0, 0.1) is 5.82 Å². The number of carbonyl (C=O) groups excluding carboxylic acids is 1. The van der Waals surface area contributed by atoms with Crippen molar-refractivity contribution in [3.05, 3.63) is 71.8 Å². The number of carbonyl (C=O) groups is 1. The van der Waals surface area contributed by atoms with E-state index in [-0.39, 0.29) is 18.3 Å². The fourth-order valence-electron chi connectivity index (χ4n) is 5.91. The number of halogens is 1. The lowest BCUT2D eigenvalue weighted by Gasteiger charge is -2.41. The van der Waals surface area contributed by atoms with Crippen LogP contribution < -0.4 is 4.90 Å². The zero-order valence-electron chi connectivity index (χ0n) is 19.4. The Hall–Kier alpha value is -2.64. The quantitative estimate of drug-likeness (QED) is 0.551. The molecule has 3 aliphatic rings. The van der Waals surface area contributed by atoms with Crippen LogP contribution >= 0.6 is 11.8 Å². The highest BCUT2D eigenvalue weighted by molar-refractivity contribution is 7.99. The zero-order chi connectivity index (χ0) is 23.3. The van der Waals surface area contributed by atoms with Gasteiger partial charge in [0.25, 0.3) is 0 Å². The molecule has 6 rings (SSSR count). The Kier molecular flexibility index (Phi) is 5.49. The van der Waals surface area contributed by atoms with Crippen LogP contribution in [0.15, 0.2) is 54.9 Å². The first-order valence-electron chi connectivity index (χ1n) is 12.1. The van der Waals surface area contributed by atoms with Gasteiger partial charge in [-0.05, 0) is 61.4 Å². The largest absolute Gasteiger partial charge is 0.307 e. The summed E-state index contributed by atoms with van der Waals surface area (Å²) in [6, 6.07) is 14.0. The molecule has 0 saturated carbocycles. The summed E-state index contributed by atoms with van der Waals surface area (Å²) in [6.07, 6.45) is 6.53. The summed E-state index contributed by atoms with van der Waals surface area (Å²) in [4.78, 5) is 18.3. The van der Waals surface area contributed by atoms with Crippen LogP contribution in [0.1, 0.15) is 30.4 Å². The molecule has 1 spiro atoms. The highest BCUT2D eigenvalue weighted by atomic mass is 32.2. The monoisotopic (exact) mass is 476 g/mol. The van der Waals surface area contributed by atoms with Gasteiger partial charge in [-0.25, -0.2) is 4.39 Å². The van der Waals surface area contributed by atoms with E-state index < -0.39 is 5.41 Å². The standard InChI is InChI=1S/C27H29FN4OS/c1-30-16-21(15-29-30)19-6-7-20(24(28)14-19)17-32-25-5-3-2-4-23(25)27(26(32)33)9-11-31(12-10-27)22-8-13-34-18-22/h2-7,14-16,22H,8-13,17-18H2,1H3. The number of hydrogen-bond donors (Lipinski definition) is 0. The van der Waals surface area contributed by atoms with Crippen LogP contribution in [0.4, 0.5) is 10.1 Å². The Morgan fingerprint density at radius 1 is 1.15 bits per heavy atom. The number of aromatic nitrogens is 2. The molecule has 0 N–H and O–H groups in total. The lowest BCUT2D eigenvalue weighted by Crippen LogP contribution is -2.51. The molecular formula is C27H29FN4OS. The highest BCUT2D eigenvalue weighted by Gasteiger charge is 2.52. The number of likely N-dealkylation sites (tertiary alicyclic amines) is 1. The Bertz CT molecular complexity index is 1230. The molecule has 4 heterocycles. The zero-order valence-corrected chi connectivity index (χ0v) is 20.2. The molecule has 3 aliphatic heterocycles. The van der Waals surface area contributed by atoms with Crippen LogP contribution in [-0.2, 0) is 23.8 Å². The van der Waals surface area contributed by atoms with Crippen molar-refractivity contribution in [1.29, 1.82) is 0 Å². The van der Waals surface area contributed by atoms with Gasteiger partial charge in [-0.15, -0.1) is 0 Å². The van der Waals surface area contributed by atoms with Gasteiger partial charge in [0.2, 0.25) is 5.91 Å². The predicted molar refractivity (Wildman–Crippen MR) is 134 cm³/mol. The summed E-state index contributed by atoms with van der Waals surface area (Å²) < 4.78 is 16.9. The van der Waals surface area contributed by atoms with Gasteiger partial charge in [-0.2, -0.15) is 16.9 Å². The number of amides is 1. The molecule has 1 unspecified atom stereocenters. The van der Waals surface area contributed by atoms with E-state index in [1.54, 1.807) is 23.0 Å². The number of fused-ring (bicyclic) bond motifs is 2. The van der Waals surface area contributed by atoms with Crippen molar-refractivity contribution < 1.29 is 9.18 Å². The summed E-state index contributed by atoms with van der Waals surface area (Å²) in [5.41, 5.74) is 3.78. The van der Waals surface area contributed by atoms with E-state index >= 15 is 4.39 Å². The van der Waals surface area contributed by atoms with Gasteiger partial charge in [-0.3, -0.25) is 14.4 Å². The van der Waals surface area contributed by atoms with Gasteiger partial charge in [0, 0.05) is 41.9 Å². The maximum atomic E-state index is 15.2. The molecule has 0 aliphatic carbocycles. The number of aryl methyl sites for hydroxylation is 1. The van der Waals surface area contributed by atoms with Crippen LogP contribution in [0.5, 0.6) is 0 Å². The molecule has 2 fully saturated rings. The first kappa shape index (κ1) is 21.9. The Morgan fingerprint density at radius 3 is 2.68 bits per heavy atom. The van der Waals surface area contributed by atoms with Crippen molar-refractivity contribution in [3.8, 4) is 11.1 Å². The second kappa shape index (κ2) is 8.54. The van der Waals surface area contributed by atoms with E-state index in [1.807, 2.05) is 54.2 Å². The van der Waals surface area contributed by atoms with E-state index in [0.717, 1.165) is 48.3 Å². The summed E-state index contributed by atoms with van der Waals surface area (Å²) in [7, 11) is 1.84. The molecule has 34 heavy (non-hydrogen) atoms. The smallest absolute Gasteiger partial charge is 0.238 e. The van der Waals surface area contributed by atoms with Crippen molar-refractivity contribution in [1.82, 2.24) is 14.7 Å². The molecule has 5 nitrogen and oxygen atoms in total. The van der Waals surface area contributed by atoms with Gasteiger partial charge < -0.3 is 4.90 Å². The molecule has 0 radical (unpaired) electrons. The number of thioether (sulfide) groups is 1. The van der Waals surface area contributed by atoms with Crippen molar-refractivity contribution in [3.63, 3.8) is 0 Å². The molecule has 1 aromatic heterocycles. The van der Waals surface area contributed by atoms with Crippen molar-refractivity contribution in [2.75, 3.05) is 29.5 Å². The lowest BCUT2D eigenvalue weighted by molar-refractivity contribution is -0.125. The molecule has 3 aromatic rings. The van der Waals surface area contributed by atoms with Gasteiger partial charge in [-0.1, -0.05) is 30.3 Å². The SMILES string of the molecule is Cn1cc(-c2ccc(CN3C(=O)C4(CCN(C5CCSC5)CC4)c4ccccc43)c(F)c2)cn1. The molecular weight excluding hydrogens is 447 g/mol. The maximum absolute atomic E-state index is 15.2. The first-order valence-corrected chi connectivity index (χ1v) is 13.2. The van der Waals surface area contributed by atoms with Crippen LogP contribution in [0.2, 0.25) is 0 Å². The van der Waals surface area contributed by atoms with E-state index in [9.17, 15) is 4.79 Å². The molecule has 0 bridgehead atoms. The van der Waals surface area contributed by atoms with Gasteiger partial charge in [0.1, 0.15) is 5.82 Å². The lowest BCUT2D eigenvalue weighted by atomic mass is 9.73. The van der Waals surface area contributed by atoms with E-state index in [4.69, 9.17) is 0 Å². The topological polar surface area (TPSA) is 41.4 Å². The van der Waals surface area contributed by atoms with E-state index in [0.29, 0.717) is 11.6 Å². The maximum Gasteiger partial charge on any atom is 0.238 e. The third-order valence-electron chi connectivity index (χ3n) is 7.86. The predicted octanol–water partition coefficient (Wildman–Crippen LogP) is 4.61. The summed E-state index contributed by atoms with van der Waals surface area (Å²) in [5.74, 6) is 2.29. The minimum atomic E-state index is -0.481. The Balaban J connectivity index is 1.26. The molecule has 2 aromatic carbocycles. The number of rotatable bonds is 4. The summed E-state index contributed by atoms with van der Waals surface area (Å²) in [6.45, 7) is 2.15. The molecule has 7 heteroatoms. The minimum absolute atomic E-state index is 0.130. The summed E-state index contributed by atoms with van der Waals surface area (Å²) in [5, 5.41) is 4.18. The Labute approximate surface area is 203 Å². The van der Waals surface area contributed by atoms with Gasteiger partial charge >= 0.3 is 0 Å². The molecule has 2 saturated heterocycles. The minimum Gasteiger partial charge on any atom is -0.307 e. The average molecular weight is 477 g/mol. The normalized spacial score (nSPS) is 22.0. The van der Waals surface area contributed by atoms with Gasteiger partial charge in [0.15, 0.2) is 0 Å². The van der Waals surface area contributed by atoms with Crippen LogP contribution in [0.3, 0.4) is 0 Å². The second-order valence-electron chi connectivity index (χ2n) is 9.75. The second-order valence-corrected chi connectivity index (χ2v) is 10.9. The molecule has 176 valence electrons. The number of piperidine rings is 1. The third kappa shape index (κ3) is 3.57. The van der Waals surface area contributed by atoms with E-state index in [1.165, 1.54) is 17.9 Å². The fraction of sp³-hybridized carbons (Fsp3) is 0.407.